The molecule has 2 aliphatic rings. The number of hydrogen-bond donors (Lipinski definition) is 1. The molecule has 1 N–H and O–H groups in total. The second-order valence-corrected chi connectivity index (χ2v) is 7.29. The van der Waals surface area contributed by atoms with Crippen LogP contribution in [0.2, 0.25) is 10.0 Å². The van der Waals surface area contributed by atoms with Crippen LogP contribution < -0.4 is 4.74 Å². The molecule has 150 valence electrons. The largest absolute Gasteiger partial charge is 0.497 e. The van der Waals surface area contributed by atoms with Gasteiger partial charge in [0.25, 0.3) is 5.79 Å². The highest BCUT2D eigenvalue weighted by atomic mass is 35.5. The van der Waals surface area contributed by atoms with Crippen molar-refractivity contribution in [1.29, 1.82) is 0 Å². The molecule has 6 nitrogen and oxygen atoms in total. The molecule has 1 atom stereocenters. The lowest BCUT2D eigenvalue weighted by Crippen LogP contribution is -2.29. The number of halogens is 2. The number of ether oxygens (including phenoxy) is 2. The first kappa shape index (κ1) is 19.8. The molecule has 29 heavy (non-hydrogen) atoms. The second-order valence-electron chi connectivity index (χ2n) is 6.48. The Balaban J connectivity index is 1.83. The molecule has 0 radical (unpaired) electrons. The molecule has 0 bridgehead atoms. The van der Waals surface area contributed by atoms with Crippen LogP contribution in [0, 0.1) is 0 Å². The minimum absolute atomic E-state index is 0.117. The summed E-state index contributed by atoms with van der Waals surface area (Å²) in [5.74, 6) is -1.89. The quantitative estimate of drug-likeness (QED) is 0.564. The summed E-state index contributed by atoms with van der Waals surface area (Å²) in [4.78, 5) is 22.7. The number of carbonyl (C=O) groups excluding carboxylic acids is 1. The summed E-state index contributed by atoms with van der Waals surface area (Å²) in [6.07, 6.45) is 1.77. The van der Waals surface area contributed by atoms with Gasteiger partial charge >= 0.3 is 5.97 Å². The number of cyclic esters (lactones) is 1. The molecule has 8 heteroatoms. The lowest BCUT2D eigenvalue weighted by atomic mass is 9.89. The fourth-order valence-electron chi connectivity index (χ4n) is 3.29. The molecular weight excluding hydrogens is 419 g/mol. The molecule has 2 heterocycles. The Morgan fingerprint density at radius 2 is 1.90 bits per heavy atom. The zero-order valence-corrected chi connectivity index (χ0v) is 16.8. The summed E-state index contributed by atoms with van der Waals surface area (Å²) in [6.45, 7) is 0.188. The maximum Gasteiger partial charge on any atom is 0.345 e. The van der Waals surface area contributed by atoms with E-state index in [2.05, 4.69) is 0 Å². The van der Waals surface area contributed by atoms with E-state index in [-0.39, 0.29) is 24.4 Å². The first-order valence-corrected chi connectivity index (χ1v) is 9.46. The maximum atomic E-state index is 12.7. The third-order valence-corrected chi connectivity index (χ3v) is 5.47. The third-order valence-electron chi connectivity index (χ3n) is 4.73. The van der Waals surface area contributed by atoms with Crippen molar-refractivity contribution in [3.05, 3.63) is 86.6 Å². The highest BCUT2D eigenvalue weighted by Crippen LogP contribution is 2.44. The molecule has 0 saturated carbocycles. The molecule has 0 aliphatic carbocycles. The normalized spacial score (nSPS) is 21.1. The number of hydrogen-bond acceptors (Lipinski definition) is 6. The smallest absolute Gasteiger partial charge is 0.345 e. The Morgan fingerprint density at radius 1 is 1.14 bits per heavy atom. The Hall–Kier alpha value is -2.51. The molecule has 0 spiro atoms. The lowest BCUT2D eigenvalue weighted by molar-refractivity contribution is -0.231. The molecule has 2 aromatic carbocycles. The molecule has 0 saturated heterocycles. The van der Waals surface area contributed by atoms with Crippen molar-refractivity contribution >= 4 is 29.2 Å². The van der Waals surface area contributed by atoms with Crippen LogP contribution >= 0.6 is 23.2 Å². The van der Waals surface area contributed by atoms with E-state index < -0.39 is 11.8 Å². The molecule has 1 unspecified atom stereocenters. The Labute approximate surface area is 176 Å². The van der Waals surface area contributed by atoms with E-state index in [1.807, 2.05) is 0 Å². The van der Waals surface area contributed by atoms with Gasteiger partial charge < -0.3 is 19.5 Å². The number of benzene rings is 2. The third kappa shape index (κ3) is 3.60. The van der Waals surface area contributed by atoms with E-state index in [1.54, 1.807) is 48.5 Å². The van der Waals surface area contributed by atoms with Gasteiger partial charge in [-0.3, -0.25) is 0 Å². The van der Waals surface area contributed by atoms with Gasteiger partial charge in [-0.05, 0) is 48.0 Å². The van der Waals surface area contributed by atoms with E-state index in [0.29, 0.717) is 26.9 Å². The Kier molecular flexibility index (Phi) is 5.27. The van der Waals surface area contributed by atoms with Crippen LogP contribution in [0.5, 0.6) is 5.75 Å². The summed E-state index contributed by atoms with van der Waals surface area (Å²) < 4.78 is 10.6. The van der Waals surface area contributed by atoms with Crippen molar-refractivity contribution in [2.75, 3.05) is 13.7 Å². The average Bonchev–Trinajstić information content (AvgIpc) is 3.32. The van der Waals surface area contributed by atoms with Crippen molar-refractivity contribution in [2.45, 2.75) is 12.2 Å². The highest BCUT2D eigenvalue weighted by Gasteiger charge is 2.49. The summed E-state index contributed by atoms with van der Waals surface area (Å²) >= 11 is 12.1. The Bertz CT molecular complexity index is 1030. The lowest BCUT2D eigenvalue weighted by Gasteiger charge is -2.26. The van der Waals surface area contributed by atoms with Crippen molar-refractivity contribution in [2.24, 2.45) is 0 Å². The van der Waals surface area contributed by atoms with Crippen LogP contribution in [0.4, 0.5) is 0 Å². The van der Waals surface area contributed by atoms with Gasteiger partial charge in [0.15, 0.2) is 5.76 Å². The van der Waals surface area contributed by atoms with Gasteiger partial charge in [-0.15, -0.1) is 0 Å². The molecule has 4 rings (SSSR count). The molecule has 2 aromatic rings. The van der Waals surface area contributed by atoms with E-state index in [4.69, 9.17) is 42.5 Å². The molecule has 0 amide bonds. The van der Waals surface area contributed by atoms with Crippen LogP contribution in [0.1, 0.15) is 11.1 Å². The van der Waals surface area contributed by atoms with E-state index in [9.17, 15) is 9.90 Å². The van der Waals surface area contributed by atoms with Gasteiger partial charge in [0.05, 0.1) is 17.2 Å². The van der Waals surface area contributed by atoms with Crippen LogP contribution in [-0.4, -0.2) is 24.8 Å². The van der Waals surface area contributed by atoms with E-state index in [1.165, 1.54) is 7.11 Å². The zero-order chi connectivity index (χ0) is 20.6. The molecule has 2 aliphatic heterocycles. The summed E-state index contributed by atoms with van der Waals surface area (Å²) in [5.41, 5.74) is 1.53. The predicted molar refractivity (Wildman–Crippen MR) is 105 cm³/mol. The summed E-state index contributed by atoms with van der Waals surface area (Å²) in [5, 5.41) is 12.2. The van der Waals surface area contributed by atoms with Gasteiger partial charge in [0, 0.05) is 17.6 Å². The topological polar surface area (TPSA) is 74.2 Å². The highest BCUT2D eigenvalue weighted by molar-refractivity contribution is 6.42. The van der Waals surface area contributed by atoms with Crippen molar-refractivity contribution in [1.82, 2.24) is 0 Å². The van der Waals surface area contributed by atoms with Gasteiger partial charge in [-0.25, -0.2) is 4.79 Å². The first-order chi connectivity index (χ1) is 13.9. The van der Waals surface area contributed by atoms with E-state index in [0.717, 1.165) is 5.56 Å². The van der Waals surface area contributed by atoms with Crippen LogP contribution in [0.3, 0.4) is 0 Å². The van der Waals surface area contributed by atoms with Gasteiger partial charge in [-0.2, -0.15) is 4.89 Å². The van der Waals surface area contributed by atoms with Crippen LogP contribution in [0.25, 0.3) is 0 Å². The molecular formula is C21H16Cl2O6. The zero-order valence-electron chi connectivity index (χ0n) is 15.3. The minimum Gasteiger partial charge on any atom is -0.497 e. The predicted octanol–water partition coefficient (Wildman–Crippen LogP) is 4.09. The summed E-state index contributed by atoms with van der Waals surface area (Å²) in [6, 6.07) is 11.7. The second kappa shape index (κ2) is 7.72. The maximum absolute atomic E-state index is 12.7. The van der Waals surface area contributed by atoms with Gasteiger partial charge in [-0.1, -0.05) is 29.3 Å². The van der Waals surface area contributed by atoms with E-state index >= 15 is 0 Å². The minimum atomic E-state index is -1.99. The first-order valence-electron chi connectivity index (χ1n) is 8.70. The average molecular weight is 435 g/mol. The number of esters is 1. The van der Waals surface area contributed by atoms with Gasteiger partial charge in [0.1, 0.15) is 17.9 Å². The Morgan fingerprint density at radius 3 is 2.52 bits per heavy atom. The monoisotopic (exact) mass is 434 g/mol. The number of rotatable bonds is 5. The summed E-state index contributed by atoms with van der Waals surface area (Å²) in [7, 11) is 1.54. The number of carbonyl (C=O) groups is 1. The standard InChI is InChI=1S/C21H16Cl2O6/c1-26-14-5-3-13(4-6-14)21(25)15(10-12-2-7-16(22)17(23)11-12)19(20(24)28-21)18-8-9-27-29-18/h2-8,11,25H,9-10H2,1H3. The van der Waals surface area contributed by atoms with Crippen molar-refractivity contribution < 1.29 is 29.1 Å². The van der Waals surface area contributed by atoms with Crippen molar-refractivity contribution in [3.8, 4) is 5.75 Å². The SMILES string of the molecule is COc1ccc(C2(O)OC(=O)C(C3=CCOO3)=C2Cc2ccc(Cl)c(Cl)c2)cc1. The molecule has 0 fully saturated rings. The number of aliphatic hydroxyl groups is 1. The fourth-order valence-corrected chi connectivity index (χ4v) is 3.61. The fraction of sp³-hybridized carbons (Fsp3) is 0.190. The molecule has 0 aromatic heterocycles. The van der Waals surface area contributed by atoms with Crippen molar-refractivity contribution in [3.63, 3.8) is 0 Å². The van der Waals surface area contributed by atoms with Crippen LogP contribution in [0.15, 0.2) is 65.4 Å². The number of methoxy groups -OCH3 is 1. The van der Waals surface area contributed by atoms with Gasteiger partial charge in [0.2, 0.25) is 0 Å². The van der Waals surface area contributed by atoms with Crippen LogP contribution in [-0.2, 0) is 31.5 Å².